The Morgan fingerprint density at radius 2 is 2.03 bits per heavy atom. The Hall–Kier alpha value is -3.26. The number of fused-ring (bicyclic) bond motifs is 1. The van der Waals surface area contributed by atoms with Gasteiger partial charge in [-0.3, -0.25) is 14.0 Å². The quantitative estimate of drug-likeness (QED) is 0.615. The van der Waals surface area contributed by atoms with Gasteiger partial charge in [-0.15, -0.1) is 0 Å². The van der Waals surface area contributed by atoms with Crippen LogP contribution < -0.4 is 14.9 Å². The molecule has 2 aromatic heterocycles. The summed E-state index contributed by atoms with van der Waals surface area (Å²) in [5.41, 5.74) is 2.24. The van der Waals surface area contributed by atoms with Crippen molar-refractivity contribution in [1.82, 2.24) is 14.3 Å². The maximum Gasteiger partial charge on any atom is 0.338 e. The molecule has 8 heteroatoms. The summed E-state index contributed by atoms with van der Waals surface area (Å²) in [6, 6.07) is 10.7. The number of aromatic nitrogens is 3. The van der Waals surface area contributed by atoms with Gasteiger partial charge in [0.2, 0.25) is 0 Å². The van der Waals surface area contributed by atoms with Gasteiger partial charge >= 0.3 is 5.97 Å². The molecule has 1 aromatic carbocycles. The van der Waals surface area contributed by atoms with Crippen molar-refractivity contribution in [2.24, 2.45) is 4.99 Å². The molecular formula is C21H20N4O3S. The van der Waals surface area contributed by atoms with Gasteiger partial charge in [0.05, 0.1) is 34.6 Å². The van der Waals surface area contributed by atoms with Crippen molar-refractivity contribution < 1.29 is 9.53 Å². The molecule has 1 aliphatic rings. The molecule has 1 unspecified atom stereocenters. The van der Waals surface area contributed by atoms with Crippen molar-refractivity contribution in [2.45, 2.75) is 26.4 Å². The van der Waals surface area contributed by atoms with Crippen LogP contribution in [0.3, 0.4) is 0 Å². The Bertz CT molecular complexity index is 1280. The molecule has 0 spiro atoms. The van der Waals surface area contributed by atoms with Gasteiger partial charge in [-0.1, -0.05) is 41.7 Å². The van der Waals surface area contributed by atoms with Crippen LogP contribution in [0.2, 0.25) is 0 Å². The van der Waals surface area contributed by atoms with Gasteiger partial charge in [0, 0.05) is 12.7 Å². The van der Waals surface area contributed by atoms with E-state index >= 15 is 0 Å². The third-order valence-electron chi connectivity index (χ3n) is 4.81. The Morgan fingerprint density at radius 3 is 2.69 bits per heavy atom. The van der Waals surface area contributed by atoms with E-state index in [1.165, 1.54) is 18.4 Å². The lowest BCUT2D eigenvalue weighted by Crippen LogP contribution is -2.39. The van der Waals surface area contributed by atoms with Crippen molar-refractivity contribution in [3.8, 4) is 0 Å². The first kappa shape index (κ1) is 19.1. The van der Waals surface area contributed by atoms with E-state index in [9.17, 15) is 9.59 Å². The Kier molecular flexibility index (Phi) is 5.02. The predicted octanol–water partition coefficient (Wildman–Crippen LogP) is 1.62. The second-order valence-electron chi connectivity index (χ2n) is 6.58. The van der Waals surface area contributed by atoms with Crippen LogP contribution >= 0.6 is 11.3 Å². The molecular weight excluding hydrogens is 388 g/mol. The fourth-order valence-electron chi connectivity index (χ4n) is 3.41. The second kappa shape index (κ2) is 7.63. The number of benzene rings is 1. The van der Waals surface area contributed by atoms with Crippen LogP contribution in [0.15, 0.2) is 63.7 Å². The van der Waals surface area contributed by atoms with Crippen LogP contribution in [0.4, 0.5) is 0 Å². The first-order chi connectivity index (χ1) is 14.0. The summed E-state index contributed by atoms with van der Waals surface area (Å²) in [4.78, 5) is 30.9. The number of allylic oxidation sites excluding steroid dienone is 1. The maximum atomic E-state index is 13.3. The summed E-state index contributed by atoms with van der Waals surface area (Å²) in [6.07, 6.45) is 3.63. The van der Waals surface area contributed by atoms with Gasteiger partial charge in [-0.05, 0) is 31.6 Å². The van der Waals surface area contributed by atoms with Gasteiger partial charge < -0.3 is 4.74 Å². The molecule has 1 aliphatic heterocycles. The van der Waals surface area contributed by atoms with E-state index < -0.39 is 12.0 Å². The fourth-order valence-corrected chi connectivity index (χ4v) is 4.44. The van der Waals surface area contributed by atoms with Crippen molar-refractivity contribution in [1.29, 1.82) is 0 Å². The minimum atomic E-state index is -0.588. The number of carbonyl (C=O) groups is 1. The summed E-state index contributed by atoms with van der Waals surface area (Å²) < 4.78 is 8.89. The fraction of sp³-hybridized carbons (Fsp3) is 0.238. The molecule has 0 aliphatic carbocycles. The predicted molar refractivity (Wildman–Crippen MR) is 110 cm³/mol. The van der Waals surface area contributed by atoms with Crippen molar-refractivity contribution in [3.63, 3.8) is 0 Å². The van der Waals surface area contributed by atoms with Crippen LogP contribution in [0, 0.1) is 0 Å². The third-order valence-corrected chi connectivity index (χ3v) is 5.79. The second-order valence-corrected chi connectivity index (χ2v) is 7.59. The zero-order chi connectivity index (χ0) is 20.5. The summed E-state index contributed by atoms with van der Waals surface area (Å²) >= 11 is 1.29. The number of carbonyl (C=O) groups excluding carboxylic acids is 1. The molecule has 148 valence electrons. The average Bonchev–Trinajstić information content (AvgIpc) is 3.31. The van der Waals surface area contributed by atoms with E-state index in [1.54, 1.807) is 22.2 Å². The monoisotopic (exact) mass is 408 g/mol. The van der Waals surface area contributed by atoms with E-state index in [2.05, 4.69) is 10.1 Å². The molecule has 0 saturated carbocycles. The lowest BCUT2D eigenvalue weighted by atomic mass is 9.96. The average molecular weight is 408 g/mol. The molecule has 0 radical (unpaired) electrons. The summed E-state index contributed by atoms with van der Waals surface area (Å²) in [5.74, 6) is -0.490. The Balaban J connectivity index is 1.95. The molecule has 0 bridgehead atoms. The highest BCUT2D eigenvalue weighted by Crippen LogP contribution is 2.30. The molecule has 0 saturated heterocycles. The largest absolute Gasteiger partial charge is 0.466 e. The number of esters is 1. The molecule has 7 nitrogen and oxygen atoms in total. The van der Waals surface area contributed by atoms with Gasteiger partial charge in [0.15, 0.2) is 4.80 Å². The van der Waals surface area contributed by atoms with E-state index in [1.807, 2.05) is 49.5 Å². The zero-order valence-electron chi connectivity index (χ0n) is 16.3. The first-order valence-corrected chi connectivity index (χ1v) is 10.0. The maximum absolute atomic E-state index is 13.3. The van der Waals surface area contributed by atoms with Gasteiger partial charge in [-0.25, -0.2) is 9.79 Å². The molecule has 0 amide bonds. The SMILES string of the molecule is CCn1ccc(C=c2sc3n(c2=O)C(c2ccccc2)C(C(=O)OC)=C(C)N=3)n1. The smallest absolute Gasteiger partial charge is 0.338 e. The number of aryl methyl sites for hydroxylation is 1. The number of nitrogens with zero attached hydrogens (tertiary/aromatic N) is 4. The highest BCUT2D eigenvalue weighted by atomic mass is 32.1. The van der Waals surface area contributed by atoms with Gasteiger partial charge in [0.1, 0.15) is 0 Å². The minimum Gasteiger partial charge on any atom is -0.466 e. The molecule has 3 heterocycles. The minimum absolute atomic E-state index is 0.206. The topological polar surface area (TPSA) is 78.5 Å². The normalized spacial score (nSPS) is 16.5. The Morgan fingerprint density at radius 1 is 1.28 bits per heavy atom. The van der Waals surface area contributed by atoms with Crippen LogP contribution in [-0.2, 0) is 16.1 Å². The highest BCUT2D eigenvalue weighted by molar-refractivity contribution is 7.07. The van der Waals surface area contributed by atoms with Crippen molar-refractivity contribution in [2.75, 3.05) is 7.11 Å². The number of ether oxygens (including phenoxy) is 1. The van der Waals surface area contributed by atoms with E-state index in [-0.39, 0.29) is 5.56 Å². The number of methoxy groups -OCH3 is 1. The first-order valence-electron chi connectivity index (χ1n) is 9.22. The third kappa shape index (κ3) is 3.36. The molecule has 0 fully saturated rings. The van der Waals surface area contributed by atoms with Gasteiger partial charge in [0.25, 0.3) is 5.56 Å². The molecule has 0 N–H and O–H groups in total. The molecule has 3 aromatic rings. The molecule has 4 rings (SSSR count). The molecule has 1 atom stereocenters. The van der Waals surface area contributed by atoms with E-state index in [4.69, 9.17) is 4.74 Å². The van der Waals surface area contributed by atoms with Gasteiger partial charge in [-0.2, -0.15) is 5.10 Å². The lowest BCUT2D eigenvalue weighted by molar-refractivity contribution is -0.136. The van der Waals surface area contributed by atoms with E-state index in [0.29, 0.717) is 26.3 Å². The summed E-state index contributed by atoms with van der Waals surface area (Å²) in [6.45, 7) is 4.52. The van der Waals surface area contributed by atoms with Crippen LogP contribution in [-0.4, -0.2) is 27.4 Å². The van der Waals surface area contributed by atoms with Crippen molar-refractivity contribution in [3.05, 3.63) is 84.8 Å². The van der Waals surface area contributed by atoms with Crippen molar-refractivity contribution >= 4 is 23.4 Å². The number of hydrogen-bond acceptors (Lipinski definition) is 6. The van der Waals surface area contributed by atoms with Crippen LogP contribution in [0.25, 0.3) is 6.08 Å². The highest BCUT2D eigenvalue weighted by Gasteiger charge is 2.32. The van der Waals surface area contributed by atoms with Crippen LogP contribution in [0.5, 0.6) is 0 Å². The summed E-state index contributed by atoms with van der Waals surface area (Å²) in [5, 5.41) is 4.42. The molecule has 29 heavy (non-hydrogen) atoms. The Labute approximate surface area is 170 Å². The standard InChI is InChI=1S/C21H20N4O3S/c1-4-24-11-10-15(23-24)12-16-19(26)25-18(14-8-6-5-7-9-14)17(20(27)28-3)13(2)22-21(25)29-16/h5-12,18H,4H2,1-3H3. The lowest BCUT2D eigenvalue weighted by Gasteiger charge is -2.24. The van der Waals surface area contributed by atoms with E-state index in [0.717, 1.165) is 12.1 Å². The number of hydrogen-bond donors (Lipinski definition) is 0. The number of thiazole rings is 1. The number of rotatable bonds is 4. The zero-order valence-corrected chi connectivity index (χ0v) is 17.1. The summed E-state index contributed by atoms with van der Waals surface area (Å²) in [7, 11) is 1.33. The van der Waals surface area contributed by atoms with Crippen LogP contribution in [0.1, 0.15) is 31.1 Å².